The van der Waals surface area contributed by atoms with Crippen LogP contribution in [0.2, 0.25) is 0 Å². The molecule has 1 aliphatic rings. The molecule has 4 nitrogen and oxygen atoms in total. The van der Waals surface area contributed by atoms with Crippen molar-refractivity contribution in [1.29, 1.82) is 0 Å². The van der Waals surface area contributed by atoms with Crippen LogP contribution in [-0.4, -0.2) is 49.2 Å². The van der Waals surface area contributed by atoms with Crippen molar-refractivity contribution in [3.05, 3.63) is 11.1 Å². The summed E-state index contributed by atoms with van der Waals surface area (Å²) in [5.41, 5.74) is 1.17. The molecule has 1 N–H and O–H groups in total. The first-order chi connectivity index (χ1) is 10.1. The molecular weight excluding hydrogens is 280 g/mol. The van der Waals surface area contributed by atoms with Gasteiger partial charge in [0.25, 0.3) is 0 Å². The monoisotopic (exact) mass is 310 g/mol. The molecule has 1 aliphatic heterocycles. The summed E-state index contributed by atoms with van der Waals surface area (Å²) in [7, 11) is 2.20. The van der Waals surface area contributed by atoms with Crippen molar-refractivity contribution in [3.8, 4) is 0 Å². The zero-order chi connectivity index (χ0) is 15.2. The smallest absolute Gasteiger partial charge is 0.185 e. The van der Waals surface area contributed by atoms with Gasteiger partial charge in [0.05, 0.1) is 5.69 Å². The molecule has 0 amide bonds. The summed E-state index contributed by atoms with van der Waals surface area (Å²) in [6.07, 6.45) is 2.51. The number of likely N-dealkylation sites (tertiary alicyclic amines) is 1. The van der Waals surface area contributed by atoms with E-state index in [0.717, 1.165) is 13.1 Å². The number of rotatable bonds is 7. The number of hydrogen-bond donors (Lipinski definition) is 1. The molecule has 0 bridgehead atoms. The van der Waals surface area contributed by atoms with E-state index in [4.69, 9.17) is 4.98 Å². The van der Waals surface area contributed by atoms with Crippen molar-refractivity contribution in [1.82, 2.24) is 15.2 Å². The second-order valence-electron chi connectivity index (χ2n) is 6.42. The zero-order valence-corrected chi connectivity index (χ0v) is 14.7. The second-order valence-corrected chi connectivity index (χ2v) is 7.26. The molecule has 2 heterocycles. The van der Waals surface area contributed by atoms with Gasteiger partial charge in [-0.15, -0.1) is 11.3 Å². The maximum Gasteiger partial charge on any atom is 0.185 e. The van der Waals surface area contributed by atoms with Crippen molar-refractivity contribution >= 4 is 16.5 Å². The first-order valence-electron chi connectivity index (χ1n) is 8.20. The lowest BCUT2D eigenvalue weighted by molar-refractivity contribution is 0.221. The molecular formula is C16H30N4S. The van der Waals surface area contributed by atoms with Gasteiger partial charge >= 0.3 is 0 Å². The molecule has 0 radical (unpaired) electrons. The number of piperidine rings is 1. The fraction of sp³-hybridized carbons (Fsp3) is 0.812. The van der Waals surface area contributed by atoms with Crippen molar-refractivity contribution in [2.75, 3.05) is 38.1 Å². The first kappa shape index (κ1) is 16.7. The van der Waals surface area contributed by atoms with E-state index in [1.54, 1.807) is 11.3 Å². The summed E-state index contributed by atoms with van der Waals surface area (Å²) in [5, 5.41) is 6.83. The molecule has 0 saturated carbocycles. The van der Waals surface area contributed by atoms with E-state index in [2.05, 4.69) is 48.3 Å². The van der Waals surface area contributed by atoms with Crippen LogP contribution in [-0.2, 0) is 6.54 Å². The van der Waals surface area contributed by atoms with Gasteiger partial charge in [0.2, 0.25) is 0 Å². The number of aromatic nitrogens is 1. The van der Waals surface area contributed by atoms with Crippen molar-refractivity contribution in [2.24, 2.45) is 5.92 Å². The van der Waals surface area contributed by atoms with Gasteiger partial charge in [0.15, 0.2) is 5.13 Å². The molecule has 0 spiro atoms. The Morgan fingerprint density at radius 1 is 1.43 bits per heavy atom. The predicted octanol–water partition coefficient (Wildman–Crippen LogP) is 2.81. The Morgan fingerprint density at radius 2 is 2.14 bits per heavy atom. The van der Waals surface area contributed by atoms with Gasteiger partial charge in [0.1, 0.15) is 0 Å². The molecule has 21 heavy (non-hydrogen) atoms. The van der Waals surface area contributed by atoms with Crippen LogP contribution < -0.4 is 10.2 Å². The third-order valence-corrected chi connectivity index (χ3v) is 5.23. The number of hydrogen-bond acceptors (Lipinski definition) is 5. The fourth-order valence-electron chi connectivity index (χ4n) is 2.81. The lowest BCUT2D eigenvalue weighted by Crippen LogP contribution is -2.43. The molecule has 1 fully saturated rings. The molecule has 120 valence electrons. The number of nitrogens with one attached hydrogen (secondary N) is 1. The number of thiazole rings is 1. The van der Waals surface area contributed by atoms with Crippen LogP contribution in [0.4, 0.5) is 5.13 Å². The topological polar surface area (TPSA) is 31.4 Å². The molecule has 0 aliphatic carbocycles. The molecule has 1 saturated heterocycles. The Labute approximate surface area is 133 Å². The minimum Gasteiger partial charge on any atom is -0.348 e. The van der Waals surface area contributed by atoms with E-state index in [-0.39, 0.29) is 0 Å². The molecule has 2 rings (SSSR count). The van der Waals surface area contributed by atoms with Crippen molar-refractivity contribution < 1.29 is 0 Å². The van der Waals surface area contributed by atoms with Crippen LogP contribution in [0.5, 0.6) is 0 Å². The third kappa shape index (κ3) is 4.94. The standard InChI is InChI=1S/C16H30N4S/c1-5-20-8-6-15(7-9-20)19(4)16-18-14(12-21-16)11-17-10-13(2)3/h12-13,15,17H,5-11H2,1-4H3. The maximum absolute atomic E-state index is 4.79. The summed E-state index contributed by atoms with van der Waals surface area (Å²) >= 11 is 1.78. The Hall–Kier alpha value is -0.650. The zero-order valence-electron chi connectivity index (χ0n) is 13.9. The van der Waals surface area contributed by atoms with Crippen LogP contribution in [0.15, 0.2) is 5.38 Å². The molecule has 1 aromatic rings. The lowest BCUT2D eigenvalue weighted by atomic mass is 10.0. The lowest BCUT2D eigenvalue weighted by Gasteiger charge is -2.36. The summed E-state index contributed by atoms with van der Waals surface area (Å²) in [5.74, 6) is 0.689. The average molecular weight is 311 g/mol. The Morgan fingerprint density at radius 3 is 2.76 bits per heavy atom. The molecule has 0 aromatic carbocycles. The highest BCUT2D eigenvalue weighted by molar-refractivity contribution is 7.13. The van der Waals surface area contributed by atoms with E-state index in [1.807, 2.05) is 0 Å². The van der Waals surface area contributed by atoms with Gasteiger partial charge in [-0.25, -0.2) is 4.98 Å². The normalized spacial score (nSPS) is 17.6. The quantitative estimate of drug-likeness (QED) is 0.839. The van der Waals surface area contributed by atoms with Crippen LogP contribution in [0.1, 0.15) is 39.3 Å². The van der Waals surface area contributed by atoms with Gasteiger partial charge in [0, 0.05) is 38.1 Å². The third-order valence-electron chi connectivity index (χ3n) is 4.25. The minimum absolute atomic E-state index is 0.649. The van der Waals surface area contributed by atoms with Crippen molar-refractivity contribution in [3.63, 3.8) is 0 Å². The van der Waals surface area contributed by atoms with Gasteiger partial charge in [-0.2, -0.15) is 0 Å². The molecule has 5 heteroatoms. The first-order valence-corrected chi connectivity index (χ1v) is 9.08. The predicted molar refractivity (Wildman–Crippen MR) is 92.2 cm³/mol. The van der Waals surface area contributed by atoms with Crippen LogP contribution in [0.25, 0.3) is 0 Å². The Kier molecular flexibility index (Phi) is 6.45. The number of nitrogens with zero attached hydrogens (tertiary/aromatic N) is 3. The van der Waals surface area contributed by atoms with Gasteiger partial charge in [-0.3, -0.25) is 0 Å². The van der Waals surface area contributed by atoms with E-state index in [0.29, 0.717) is 12.0 Å². The Balaban J connectivity index is 1.83. The molecule has 0 atom stereocenters. The summed E-state index contributed by atoms with van der Waals surface area (Å²) in [4.78, 5) is 9.72. The fourth-order valence-corrected chi connectivity index (χ4v) is 3.67. The van der Waals surface area contributed by atoms with Crippen LogP contribution in [0.3, 0.4) is 0 Å². The summed E-state index contributed by atoms with van der Waals surface area (Å²) < 4.78 is 0. The second kappa shape index (κ2) is 8.11. The average Bonchev–Trinajstić information content (AvgIpc) is 2.95. The minimum atomic E-state index is 0.649. The highest BCUT2D eigenvalue weighted by atomic mass is 32.1. The van der Waals surface area contributed by atoms with Crippen molar-refractivity contribution in [2.45, 2.75) is 46.2 Å². The van der Waals surface area contributed by atoms with Gasteiger partial charge < -0.3 is 15.1 Å². The van der Waals surface area contributed by atoms with Gasteiger partial charge in [-0.05, 0) is 31.8 Å². The number of anilines is 1. The van der Waals surface area contributed by atoms with E-state index < -0.39 is 0 Å². The summed E-state index contributed by atoms with van der Waals surface area (Å²) in [6.45, 7) is 12.3. The van der Waals surface area contributed by atoms with E-state index in [1.165, 1.54) is 43.3 Å². The molecule has 1 aromatic heterocycles. The van der Waals surface area contributed by atoms with Gasteiger partial charge in [-0.1, -0.05) is 20.8 Å². The maximum atomic E-state index is 4.79. The highest BCUT2D eigenvalue weighted by Crippen LogP contribution is 2.25. The van der Waals surface area contributed by atoms with Crippen LogP contribution >= 0.6 is 11.3 Å². The Bertz CT molecular complexity index is 410. The van der Waals surface area contributed by atoms with Crippen LogP contribution in [0, 0.1) is 5.92 Å². The molecule has 0 unspecified atom stereocenters. The summed E-state index contributed by atoms with van der Waals surface area (Å²) in [6, 6.07) is 0.649. The SMILES string of the molecule is CCN1CCC(N(C)c2nc(CNCC(C)C)cs2)CC1. The highest BCUT2D eigenvalue weighted by Gasteiger charge is 2.23. The largest absolute Gasteiger partial charge is 0.348 e. The van der Waals surface area contributed by atoms with E-state index >= 15 is 0 Å². The van der Waals surface area contributed by atoms with E-state index in [9.17, 15) is 0 Å².